The summed E-state index contributed by atoms with van der Waals surface area (Å²) in [7, 11) is 1.53. The summed E-state index contributed by atoms with van der Waals surface area (Å²) in [6, 6.07) is 1.47. The molecule has 0 bridgehead atoms. The number of hydrogen-bond acceptors (Lipinski definition) is 4. The van der Waals surface area contributed by atoms with Crippen molar-refractivity contribution in [3.63, 3.8) is 0 Å². The van der Waals surface area contributed by atoms with E-state index in [1.807, 2.05) is 0 Å². The summed E-state index contributed by atoms with van der Waals surface area (Å²) in [5.41, 5.74) is 0. The molecular weight excluding hydrogens is 210 g/mol. The molecule has 6 heteroatoms. The van der Waals surface area contributed by atoms with Crippen LogP contribution in [-0.4, -0.2) is 47.2 Å². The second kappa shape index (κ2) is 6.97. The van der Waals surface area contributed by atoms with Gasteiger partial charge in [0.1, 0.15) is 0 Å². The monoisotopic (exact) mass is 227 g/mol. The number of aryl methyl sites for hydroxylation is 1. The summed E-state index contributed by atoms with van der Waals surface area (Å²) in [6.45, 7) is 0.718. The smallest absolute Gasteiger partial charge is 0.222 e. The number of aliphatic hydroxyl groups excluding tert-OH is 1. The van der Waals surface area contributed by atoms with Crippen LogP contribution in [0.15, 0.2) is 18.5 Å². The first-order valence-corrected chi connectivity index (χ1v) is 5.13. The molecule has 0 fully saturated rings. The average molecular weight is 227 g/mol. The van der Waals surface area contributed by atoms with Gasteiger partial charge >= 0.3 is 0 Å². The van der Waals surface area contributed by atoms with Gasteiger partial charge in [0.05, 0.1) is 19.3 Å². The molecule has 1 rings (SSSR count). The van der Waals surface area contributed by atoms with E-state index in [-0.39, 0.29) is 18.6 Å². The lowest BCUT2D eigenvalue weighted by Gasteiger charge is -2.14. The predicted octanol–water partition coefficient (Wildman–Crippen LogP) is -0.603. The maximum atomic E-state index is 11.5. The summed E-state index contributed by atoms with van der Waals surface area (Å²) in [6.07, 6.45) is 3.80. The molecule has 1 aromatic rings. The first-order chi connectivity index (χ1) is 7.76. The zero-order valence-corrected chi connectivity index (χ0v) is 9.30. The number of nitrogens with zero attached hydrogens (tertiary/aromatic N) is 2. The van der Waals surface area contributed by atoms with Crippen LogP contribution in [0.5, 0.6) is 0 Å². The fraction of sp³-hybridized carbons (Fsp3) is 0.600. The third-order valence-electron chi connectivity index (χ3n) is 2.08. The lowest BCUT2D eigenvalue weighted by atomic mass is 10.3. The minimum Gasteiger partial charge on any atom is -0.394 e. The average Bonchev–Trinajstić information content (AvgIpc) is 2.78. The maximum Gasteiger partial charge on any atom is 0.222 e. The summed E-state index contributed by atoms with van der Waals surface area (Å²) in [4.78, 5) is 11.5. The molecule has 0 aliphatic heterocycles. The number of hydrogen-bond donors (Lipinski definition) is 2. The lowest BCUT2D eigenvalue weighted by Crippen LogP contribution is -2.40. The van der Waals surface area contributed by atoms with Gasteiger partial charge < -0.3 is 15.2 Å². The van der Waals surface area contributed by atoms with Gasteiger partial charge in [-0.1, -0.05) is 0 Å². The van der Waals surface area contributed by atoms with Crippen LogP contribution in [0.4, 0.5) is 0 Å². The van der Waals surface area contributed by atoms with Crippen molar-refractivity contribution in [1.29, 1.82) is 0 Å². The van der Waals surface area contributed by atoms with Gasteiger partial charge in [0.15, 0.2) is 0 Å². The fourth-order valence-electron chi connectivity index (χ4n) is 1.29. The Morgan fingerprint density at radius 1 is 1.69 bits per heavy atom. The molecule has 1 atom stereocenters. The zero-order valence-electron chi connectivity index (χ0n) is 9.30. The molecule has 6 nitrogen and oxygen atoms in total. The highest BCUT2D eigenvalue weighted by Gasteiger charge is 2.10. The number of methoxy groups -OCH3 is 1. The Kier molecular flexibility index (Phi) is 5.52. The third-order valence-corrected chi connectivity index (χ3v) is 2.08. The molecule has 0 aromatic carbocycles. The highest BCUT2D eigenvalue weighted by molar-refractivity contribution is 5.76. The molecule has 0 saturated carbocycles. The summed E-state index contributed by atoms with van der Waals surface area (Å²) in [5.74, 6) is -0.119. The molecule has 0 saturated heterocycles. The Morgan fingerprint density at radius 2 is 2.50 bits per heavy atom. The van der Waals surface area contributed by atoms with Gasteiger partial charge in [0, 0.05) is 32.5 Å². The molecule has 2 N–H and O–H groups in total. The van der Waals surface area contributed by atoms with Gasteiger partial charge in [-0.3, -0.25) is 9.48 Å². The Labute approximate surface area is 94.2 Å². The molecule has 1 unspecified atom stereocenters. The number of rotatable bonds is 7. The van der Waals surface area contributed by atoms with Crippen molar-refractivity contribution < 1.29 is 14.6 Å². The van der Waals surface area contributed by atoms with Crippen LogP contribution in [0.3, 0.4) is 0 Å². The van der Waals surface area contributed by atoms with Gasteiger partial charge in [-0.05, 0) is 6.07 Å². The highest BCUT2D eigenvalue weighted by atomic mass is 16.5. The number of amides is 1. The van der Waals surface area contributed by atoms with E-state index < -0.39 is 0 Å². The van der Waals surface area contributed by atoms with Gasteiger partial charge in [-0.2, -0.15) is 5.10 Å². The number of carbonyl (C=O) groups is 1. The van der Waals surface area contributed by atoms with E-state index in [9.17, 15) is 4.79 Å². The van der Waals surface area contributed by atoms with Gasteiger partial charge in [-0.25, -0.2) is 0 Å². The van der Waals surface area contributed by atoms with Crippen LogP contribution in [0.25, 0.3) is 0 Å². The minimum atomic E-state index is -0.338. The van der Waals surface area contributed by atoms with Gasteiger partial charge in [0.25, 0.3) is 0 Å². The minimum absolute atomic E-state index is 0.119. The van der Waals surface area contributed by atoms with Crippen molar-refractivity contribution in [2.45, 2.75) is 19.0 Å². The first-order valence-electron chi connectivity index (χ1n) is 5.13. The van der Waals surface area contributed by atoms with Crippen LogP contribution in [0.2, 0.25) is 0 Å². The number of ether oxygens (including phenoxy) is 1. The number of carbonyl (C=O) groups excluding carboxylic acids is 1. The SMILES string of the molecule is COCC(CO)NC(=O)CCn1cccn1. The van der Waals surface area contributed by atoms with Crippen molar-refractivity contribution in [2.75, 3.05) is 20.3 Å². The van der Waals surface area contributed by atoms with E-state index in [1.54, 1.807) is 23.1 Å². The van der Waals surface area contributed by atoms with Crippen LogP contribution >= 0.6 is 0 Å². The van der Waals surface area contributed by atoms with Gasteiger partial charge in [-0.15, -0.1) is 0 Å². The van der Waals surface area contributed by atoms with Crippen molar-refractivity contribution in [3.05, 3.63) is 18.5 Å². The van der Waals surface area contributed by atoms with Crippen LogP contribution in [0, 0.1) is 0 Å². The normalized spacial score (nSPS) is 12.4. The number of aliphatic hydroxyl groups is 1. The van der Waals surface area contributed by atoms with Gasteiger partial charge in [0.2, 0.25) is 5.91 Å². The first kappa shape index (κ1) is 12.7. The Bertz CT molecular complexity index is 300. The predicted molar refractivity (Wildman–Crippen MR) is 57.7 cm³/mol. The van der Waals surface area contributed by atoms with Crippen molar-refractivity contribution in [1.82, 2.24) is 15.1 Å². The second-order valence-corrected chi connectivity index (χ2v) is 3.42. The zero-order chi connectivity index (χ0) is 11.8. The molecule has 0 aliphatic rings. The number of nitrogens with one attached hydrogen (secondary N) is 1. The molecule has 1 heterocycles. The Morgan fingerprint density at radius 3 is 3.06 bits per heavy atom. The van der Waals surface area contributed by atoms with Crippen molar-refractivity contribution in [2.24, 2.45) is 0 Å². The fourth-order valence-corrected chi connectivity index (χ4v) is 1.29. The Hall–Kier alpha value is -1.40. The largest absolute Gasteiger partial charge is 0.394 e. The Balaban J connectivity index is 2.24. The topological polar surface area (TPSA) is 76.4 Å². The van der Waals surface area contributed by atoms with Crippen LogP contribution < -0.4 is 5.32 Å². The van der Waals surface area contributed by atoms with E-state index in [0.717, 1.165) is 0 Å². The number of aromatic nitrogens is 2. The standard InChI is InChI=1S/C10H17N3O3/c1-16-8-9(7-14)12-10(15)3-6-13-5-2-4-11-13/h2,4-5,9,14H,3,6-8H2,1H3,(H,12,15). The molecule has 0 radical (unpaired) electrons. The molecule has 0 aliphatic carbocycles. The van der Waals surface area contributed by atoms with E-state index >= 15 is 0 Å². The van der Waals surface area contributed by atoms with Crippen LogP contribution in [0.1, 0.15) is 6.42 Å². The van der Waals surface area contributed by atoms with E-state index in [0.29, 0.717) is 19.6 Å². The molecule has 1 amide bonds. The second-order valence-electron chi connectivity index (χ2n) is 3.42. The quantitative estimate of drug-likeness (QED) is 0.652. The summed E-state index contributed by atoms with van der Waals surface area (Å²) >= 11 is 0. The van der Waals surface area contributed by atoms with E-state index in [2.05, 4.69) is 10.4 Å². The third kappa shape index (κ3) is 4.41. The van der Waals surface area contributed by atoms with Crippen molar-refractivity contribution in [3.8, 4) is 0 Å². The maximum absolute atomic E-state index is 11.5. The van der Waals surface area contributed by atoms with E-state index in [4.69, 9.17) is 9.84 Å². The molecular formula is C10H17N3O3. The molecule has 16 heavy (non-hydrogen) atoms. The summed E-state index contributed by atoms with van der Waals surface area (Å²) < 4.78 is 6.54. The molecule has 0 spiro atoms. The summed E-state index contributed by atoms with van der Waals surface area (Å²) in [5, 5.41) is 15.6. The van der Waals surface area contributed by atoms with Crippen molar-refractivity contribution >= 4 is 5.91 Å². The highest BCUT2D eigenvalue weighted by Crippen LogP contribution is 1.91. The lowest BCUT2D eigenvalue weighted by molar-refractivity contribution is -0.122. The van der Waals surface area contributed by atoms with E-state index in [1.165, 1.54) is 7.11 Å². The molecule has 1 aromatic heterocycles. The molecule has 90 valence electrons. The van der Waals surface area contributed by atoms with Crippen LogP contribution in [-0.2, 0) is 16.1 Å².